The number of hydrogen-bond donors (Lipinski definition) is 1. The molecule has 3 unspecified atom stereocenters. The molecule has 0 radical (unpaired) electrons. The van der Waals surface area contributed by atoms with Crippen molar-refractivity contribution >= 4 is 0 Å². The van der Waals surface area contributed by atoms with Crippen LogP contribution in [-0.4, -0.2) is 18.7 Å². The molecule has 1 aliphatic carbocycles. The SMILES string of the molecule is Cc1ccc(C(CNC(C)C)OC2CCCC(C)C2)cc1. The molecule has 1 fully saturated rings. The summed E-state index contributed by atoms with van der Waals surface area (Å²) in [7, 11) is 0. The van der Waals surface area contributed by atoms with E-state index in [4.69, 9.17) is 4.74 Å². The molecule has 2 heteroatoms. The molecule has 0 aromatic heterocycles. The van der Waals surface area contributed by atoms with Crippen molar-refractivity contribution in [2.45, 2.75) is 71.6 Å². The normalized spacial score (nSPS) is 24.2. The molecule has 1 saturated carbocycles. The second-order valence-electron chi connectivity index (χ2n) is 6.99. The molecule has 0 heterocycles. The van der Waals surface area contributed by atoms with Crippen molar-refractivity contribution in [1.29, 1.82) is 0 Å². The lowest BCUT2D eigenvalue weighted by Gasteiger charge is -2.31. The molecular formula is C19H31NO. The van der Waals surface area contributed by atoms with Crippen LogP contribution in [0.25, 0.3) is 0 Å². The van der Waals surface area contributed by atoms with Crippen molar-refractivity contribution in [2.24, 2.45) is 5.92 Å². The Morgan fingerprint density at radius 2 is 1.90 bits per heavy atom. The van der Waals surface area contributed by atoms with Crippen molar-refractivity contribution in [3.63, 3.8) is 0 Å². The third-order valence-corrected chi connectivity index (χ3v) is 4.41. The van der Waals surface area contributed by atoms with Crippen LogP contribution in [-0.2, 0) is 4.74 Å². The Morgan fingerprint density at radius 1 is 1.19 bits per heavy atom. The fourth-order valence-corrected chi connectivity index (χ4v) is 3.10. The molecule has 2 nitrogen and oxygen atoms in total. The van der Waals surface area contributed by atoms with Crippen molar-refractivity contribution in [2.75, 3.05) is 6.54 Å². The van der Waals surface area contributed by atoms with Gasteiger partial charge in [-0.3, -0.25) is 0 Å². The van der Waals surface area contributed by atoms with Crippen LogP contribution < -0.4 is 5.32 Å². The summed E-state index contributed by atoms with van der Waals surface area (Å²) in [5.74, 6) is 0.806. The van der Waals surface area contributed by atoms with Gasteiger partial charge in [-0.1, -0.05) is 63.4 Å². The van der Waals surface area contributed by atoms with Crippen molar-refractivity contribution in [1.82, 2.24) is 5.32 Å². The molecule has 21 heavy (non-hydrogen) atoms. The van der Waals surface area contributed by atoms with Gasteiger partial charge >= 0.3 is 0 Å². The van der Waals surface area contributed by atoms with Crippen LogP contribution in [0.5, 0.6) is 0 Å². The number of nitrogens with one attached hydrogen (secondary N) is 1. The highest BCUT2D eigenvalue weighted by Crippen LogP contribution is 2.30. The van der Waals surface area contributed by atoms with Gasteiger partial charge in [-0.05, 0) is 31.2 Å². The average Bonchev–Trinajstić information content (AvgIpc) is 2.44. The van der Waals surface area contributed by atoms with Crippen LogP contribution in [0.3, 0.4) is 0 Å². The molecule has 0 bridgehead atoms. The summed E-state index contributed by atoms with van der Waals surface area (Å²) in [5.41, 5.74) is 2.60. The van der Waals surface area contributed by atoms with Crippen LogP contribution in [0, 0.1) is 12.8 Å². The van der Waals surface area contributed by atoms with Crippen LogP contribution in [0.2, 0.25) is 0 Å². The molecule has 3 atom stereocenters. The van der Waals surface area contributed by atoms with Gasteiger partial charge in [-0.15, -0.1) is 0 Å². The fourth-order valence-electron chi connectivity index (χ4n) is 3.10. The molecule has 0 saturated heterocycles. The van der Waals surface area contributed by atoms with E-state index < -0.39 is 0 Å². The van der Waals surface area contributed by atoms with Crippen molar-refractivity contribution < 1.29 is 4.74 Å². The van der Waals surface area contributed by atoms with Gasteiger partial charge in [0.15, 0.2) is 0 Å². The third-order valence-electron chi connectivity index (χ3n) is 4.41. The molecule has 1 aromatic rings. The van der Waals surface area contributed by atoms with Gasteiger partial charge in [0, 0.05) is 12.6 Å². The largest absolute Gasteiger partial charge is 0.369 e. The molecule has 1 aliphatic rings. The molecule has 1 aromatic carbocycles. The minimum absolute atomic E-state index is 0.170. The van der Waals surface area contributed by atoms with E-state index in [-0.39, 0.29) is 6.10 Å². The topological polar surface area (TPSA) is 21.3 Å². The van der Waals surface area contributed by atoms with E-state index in [1.165, 1.54) is 36.8 Å². The van der Waals surface area contributed by atoms with Gasteiger partial charge in [0.1, 0.15) is 0 Å². The summed E-state index contributed by atoms with van der Waals surface area (Å²) < 4.78 is 6.48. The first kappa shape index (κ1) is 16.5. The van der Waals surface area contributed by atoms with E-state index in [0.717, 1.165) is 12.5 Å². The Bertz CT molecular complexity index is 412. The number of benzene rings is 1. The van der Waals surface area contributed by atoms with Gasteiger partial charge < -0.3 is 10.1 Å². The van der Waals surface area contributed by atoms with E-state index in [1.807, 2.05) is 0 Å². The number of rotatable bonds is 6. The number of hydrogen-bond acceptors (Lipinski definition) is 2. The molecule has 2 rings (SSSR count). The first-order valence-corrected chi connectivity index (χ1v) is 8.50. The lowest BCUT2D eigenvalue weighted by Crippen LogP contribution is -2.32. The zero-order valence-corrected chi connectivity index (χ0v) is 14.1. The smallest absolute Gasteiger partial charge is 0.0953 e. The number of ether oxygens (including phenoxy) is 1. The first-order valence-electron chi connectivity index (χ1n) is 8.50. The van der Waals surface area contributed by atoms with E-state index in [1.54, 1.807) is 0 Å². The summed E-state index contributed by atoms with van der Waals surface area (Å²) >= 11 is 0. The van der Waals surface area contributed by atoms with Crippen LogP contribution >= 0.6 is 0 Å². The molecule has 0 amide bonds. The zero-order valence-electron chi connectivity index (χ0n) is 14.1. The summed E-state index contributed by atoms with van der Waals surface area (Å²) in [4.78, 5) is 0. The highest BCUT2D eigenvalue weighted by molar-refractivity contribution is 5.23. The predicted molar refractivity (Wildman–Crippen MR) is 89.6 cm³/mol. The summed E-state index contributed by atoms with van der Waals surface area (Å²) in [6.07, 6.45) is 5.69. The van der Waals surface area contributed by atoms with Crippen LogP contribution in [0.4, 0.5) is 0 Å². The van der Waals surface area contributed by atoms with Gasteiger partial charge in [0.25, 0.3) is 0 Å². The van der Waals surface area contributed by atoms with Crippen LogP contribution in [0.1, 0.15) is 63.7 Å². The van der Waals surface area contributed by atoms with E-state index >= 15 is 0 Å². The second-order valence-corrected chi connectivity index (χ2v) is 6.99. The Balaban J connectivity index is 2.02. The summed E-state index contributed by atoms with van der Waals surface area (Å²) in [6, 6.07) is 9.30. The monoisotopic (exact) mass is 289 g/mol. The maximum Gasteiger partial charge on any atom is 0.0953 e. The Kier molecular flexibility index (Phi) is 6.25. The molecule has 0 aliphatic heterocycles. The highest BCUT2D eigenvalue weighted by atomic mass is 16.5. The Hall–Kier alpha value is -0.860. The van der Waals surface area contributed by atoms with Gasteiger partial charge in [0.05, 0.1) is 12.2 Å². The van der Waals surface area contributed by atoms with Crippen molar-refractivity contribution in [3.8, 4) is 0 Å². The average molecular weight is 289 g/mol. The number of aryl methyl sites for hydroxylation is 1. The minimum Gasteiger partial charge on any atom is -0.369 e. The first-order chi connectivity index (χ1) is 10.0. The second kappa shape index (κ2) is 7.95. The lowest BCUT2D eigenvalue weighted by molar-refractivity contribution is -0.0401. The van der Waals surface area contributed by atoms with Gasteiger partial charge in [-0.25, -0.2) is 0 Å². The Morgan fingerprint density at radius 3 is 2.52 bits per heavy atom. The van der Waals surface area contributed by atoms with E-state index in [9.17, 15) is 0 Å². The summed E-state index contributed by atoms with van der Waals surface area (Å²) in [5, 5.41) is 3.53. The Labute approximate surface area is 130 Å². The highest BCUT2D eigenvalue weighted by Gasteiger charge is 2.23. The lowest BCUT2D eigenvalue weighted by atomic mass is 9.88. The fraction of sp³-hybridized carbons (Fsp3) is 0.684. The van der Waals surface area contributed by atoms with Gasteiger partial charge in [0.2, 0.25) is 0 Å². The minimum atomic E-state index is 0.170. The summed E-state index contributed by atoms with van der Waals surface area (Å²) in [6.45, 7) is 9.76. The molecular weight excluding hydrogens is 258 g/mol. The molecule has 1 N–H and O–H groups in total. The predicted octanol–water partition coefficient (Wildman–Crippen LogP) is 4.63. The van der Waals surface area contributed by atoms with E-state index in [2.05, 4.69) is 57.3 Å². The molecule has 0 spiro atoms. The quantitative estimate of drug-likeness (QED) is 0.824. The van der Waals surface area contributed by atoms with Crippen molar-refractivity contribution in [3.05, 3.63) is 35.4 Å². The maximum atomic E-state index is 6.48. The van der Waals surface area contributed by atoms with Gasteiger partial charge in [-0.2, -0.15) is 0 Å². The third kappa shape index (κ3) is 5.44. The van der Waals surface area contributed by atoms with Crippen LogP contribution in [0.15, 0.2) is 24.3 Å². The standard InChI is InChI=1S/C19H31NO/c1-14(2)20-13-19(17-10-8-15(3)9-11-17)21-18-7-5-6-16(4)12-18/h8-11,14,16,18-20H,5-7,12-13H2,1-4H3. The zero-order chi connectivity index (χ0) is 15.2. The van der Waals surface area contributed by atoms with E-state index in [0.29, 0.717) is 12.1 Å². The molecule has 118 valence electrons. The maximum absolute atomic E-state index is 6.48.